The van der Waals surface area contributed by atoms with Crippen LogP contribution in [0.2, 0.25) is 5.02 Å². The summed E-state index contributed by atoms with van der Waals surface area (Å²) in [6.07, 6.45) is 6.22. The molecule has 2 amide bonds. The van der Waals surface area contributed by atoms with Crippen molar-refractivity contribution in [2.45, 2.75) is 64.6 Å². The number of carbonyl (C=O) groups is 2. The number of nitrogens with one attached hydrogen (secondary N) is 1. The summed E-state index contributed by atoms with van der Waals surface area (Å²) in [5.41, 5.74) is 1.83. The van der Waals surface area contributed by atoms with Gasteiger partial charge in [0.2, 0.25) is 21.8 Å². The second kappa shape index (κ2) is 12.4. The van der Waals surface area contributed by atoms with Crippen molar-refractivity contribution in [2.75, 3.05) is 17.1 Å². The van der Waals surface area contributed by atoms with E-state index in [4.69, 9.17) is 11.6 Å². The molecule has 2 aromatic rings. The van der Waals surface area contributed by atoms with Gasteiger partial charge in [0.25, 0.3) is 0 Å². The third kappa shape index (κ3) is 7.70. The summed E-state index contributed by atoms with van der Waals surface area (Å²) in [5, 5.41) is 3.46. The summed E-state index contributed by atoms with van der Waals surface area (Å²) < 4.78 is 27.4. The van der Waals surface area contributed by atoms with Gasteiger partial charge in [-0.05, 0) is 62.1 Å². The number of hydrogen-bond acceptors (Lipinski definition) is 4. The van der Waals surface area contributed by atoms with Crippen molar-refractivity contribution in [3.8, 4) is 0 Å². The molecule has 1 saturated carbocycles. The molecule has 3 rings (SSSR count). The maximum atomic E-state index is 13.7. The van der Waals surface area contributed by atoms with Crippen LogP contribution in [0.3, 0.4) is 0 Å². The summed E-state index contributed by atoms with van der Waals surface area (Å²) in [5.74, 6) is -0.716. The molecular formula is C26H33BrClN3O4S. The van der Waals surface area contributed by atoms with Crippen molar-refractivity contribution in [3.63, 3.8) is 0 Å². The fourth-order valence-corrected chi connectivity index (χ4v) is 5.71. The standard InChI is InChI=1S/C26H33BrClN3O4S/c1-18-9-14-22(28)15-24(18)31(36(3,34)35)17-25(32)30(16-20-10-12-21(27)13-11-20)19(2)26(33)29-23-7-5-4-6-8-23/h9-15,19,23H,4-8,16-17H2,1-3H3,(H,29,33)/t19-/m0/s1. The molecule has 2 aromatic carbocycles. The minimum absolute atomic E-state index is 0.0972. The number of nitrogens with zero attached hydrogens (tertiary/aromatic N) is 2. The Balaban J connectivity index is 1.89. The van der Waals surface area contributed by atoms with Gasteiger partial charge in [0.1, 0.15) is 12.6 Å². The number of aryl methyl sites for hydroxylation is 1. The van der Waals surface area contributed by atoms with Gasteiger partial charge in [0.15, 0.2) is 0 Å². The summed E-state index contributed by atoms with van der Waals surface area (Å²) >= 11 is 9.55. The molecule has 1 N–H and O–H groups in total. The second-order valence-electron chi connectivity index (χ2n) is 9.37. The molecule has 36 heavy (non-hydrogen) atoms. The van der Waals surface area contributed by atoms with Crippen LogP contribution in [0.15, 0.2) is 46.9 Å². The van der Waals surface area contributed by atoms with E-state index in [1.165, 1.54) is 17.4 Å². The summed E-state index contributed by atoms with van der Waals surface area (Å²) in [4.78, 5) is 28.3. The Labute approximate surface area is 227 Å². The number of sulfonamides is 1. The highest BCUT2D eigenvalue weighted by molar-refractivity contribution is 9.10. The highest BCUT2D eigenvalue weighted by Gasteiger charge is 2.31. The smallest absolute Gasteiger partial charge is 0.244 e. The largest absolute Gasteiger partial charge is 0.352 e. The predicted octanol–water partition coefficient (Wildman–Crippen LogP) is 5.04. The normalized spacial score (nSPS) is 15.2. The van der Waals surface area contributed by atoms with Crippen LogP contribution in [0.1, 0.15) is 50.2 Å². The van der Waals surface area contributed by atoms with Gasteiger partial charge in [-0.15, -0.1) is 0 Å². The third-order valence-corrected chi connectivity index (χ3v) is 8.39. The molecule has 0 unspecified atom stereocenters. The lowest BCUT2D eigenvalue weighted by Gasteiger charge is -2.33. The van der Waals surface area contributed by atoms with Crippen molar-refractivity contribution in [1.82, 2.24) is 10.2 Å². The predicted molar refractivity (Wildman–Crippen MR) is 148 cm³/mol. The van der Waals surface area contributed by atoms with Crippen LogP contribution >= 0.6 is 27.5 Å². The Morgan fingerprint density at radius 3 is 2.36 bits per heavy atom. The first kappa shape index (κ1) is 28.5. The lowest BCUT2D eigenvalue weighted by Crippen LogP contribution is -2.53. The SMILES string of the molecule is Cc1ccc(Cl)cc1N(CC(=O)N(Cc1ccc(Br)cc1)[C@@H](C)C(=O)NC1CCCCC1)S(C)(=O)=O. The number of amides is 2. The van der Waals surface area contributed by atoms with E-state index in [-0.39, 0.29) is 18.5 Å². The first-order valence-electron chi connectivity index (χ1n) is 12.0. The van der Waals surface area contributed by atoms with E-state index in [1.54, 1.807) is 26.0 Å². The number of carbonyl (C=O) groups excluding carboxylic acids is 2. The molecule has 0 aliphatic heterocycles. The van der Waals surface area contributed by atoms with Gasteiger partial charge in [-0.25, -0.2) is 8.42 Å². The zero-order valence-electron chi connectivity index (χ0n) is 20.8. The van der Waals surface area contributed by atoms with Gasteiger partial charge >= 0.3 is 0 Å². The first-order valence-corrected chi connectivity index (χ1v) is 15.1. The molecular weight excluding hydrogens is 566 g/mol. The highest BCUT2D eigenvalue weighted by atomic mass is 79.9. The summed E-state index contributed by atoms with van der Waals surface area (Å²) in [7, 11) is -3.81. The highest BCUT2D eigenvalue weighted by Crippen LogP contribution is 2.27. The summed E-state index contributed by atoms with van der Waals surface area (Å²) in [6, 6.07) is 11.7. The molecule has 1 aliphatic carbocycles. The van der Waals surface area contributed by atoms with E-state index < -0.39 is 28.5 Å². The Hall–Kier alpha value is -2.10. The molecule has 1 atom stereocenters. The Morgan fingerprint density at radius 1 is 1.11 bits per heavy atom. The molecule has 1 aliphatic rings. The number of benzene rings is 2. The second-order valence-corrected chi connectivity index (χ2v) is 12.6. The minimum Gasteiger partial charge on any atom is -0.352 e. The van der Waals surface area contributed by atoms with Crippen LogP contribution in [0, 0.1) is 6.92 Å². The number of halogens is 2. The number of hydrogen-bond donors (Lipinski definition) is 1. The van der Waals surface area contributed by atoms with Crippen molar-refractivity contribution in [2.24, 2.45) is 0 Å². The fraction of sp³-hybridized carbons (Fsp3) is 0.462. The number of rotatable bonds is 9. The Bertz CT molecular complexity index is 1180. The Morgan fingerprint density at radius 2 is 1.75 bits per heavy atom. The van der Waals surface area contributed by atoms with E-state index in [1.807, 2.05) is 24.3 Å². The van der Waals surface area contributed by atoms with Crippen LogP contribution in [0.25, 0.3) is 0 Å². The summed E-state index contributed by atoms with van der Waals surface area (Å²) in [6.45, 7) is 3.16. The van der Waals surface area contributed by atoms with Gasteiger partial charge < -0.3 is 10.2 Å². The van der Waals surface area contributed by atoms with Gasteiger partial charge in [0, 0.05) is 22.1 Å². The van der Waals surface area contributed by atoms with Crippen LogP contribution in [0.5, 0.6) is 0 Å². The van der Waals surface area contributed by atoms with Crippen molar-refractivity contribution in [3.05, 3.63) is 63.1 Å². The van der Waals surface area contributed by atoms with E-state index >= 15 is 0 Å². The molecule has 0 saturated heterocycles. The van der Waals surface area contributed by atoms with Crippen molar-refractivity contribution < 1.29 is 18.0 Å². The van der Waals surface area contributed by atoms with Gasteiger partial charge in [-0.1, -0.05) is 65.0 Å². The number of anilines is 1. The third-order valence-electron chi connectivity index (χ3n) is 6.50. The maximum absolute atomic E-state index is 13.7. The average Bonchev–Trinajstić information content (AvgIpc) is 2.83. The molecule has 0 spiro atoms. The topological polar surface area (TPSA) is 86.8 Å². The van der Waals surface area contributed by atoms with E-state index in [9.17, 15) is 18.0 Å². The van der Waals surface area contributed by atoms with Crippen molar-refractivity contribution >= 4 is 55.1 Å². The van der Waals surface area contributed by atoms with E-state index in [0.717, 1.165) is 46.3 Å². The van der Waals surface area contributed by atoms with Crippen LogP contribution in [0.4, 0.5) is 5.69 Å². The van der Waals surface area contributed by atoms with E-state index in [0.29, 0.717) is 16.3 Å². The maximum Gasteiger partial charge on any atom is 0.244 e. The molecule has 0 heterocycles. The van der Waals surface area contributed by atoms with Gasteiger partial charge in [0.05, 0.1) is 11.9 Å². The zero-order valence-corrected chi connectivity index (χ0v) is 24.0. The molecule has 10 heteroatoms. The molecule has 0 radical (unpaired) electrons. The van der Waals surface area contributed by atoms with Crippen LogP contribution in [-0.4, -0.2) is 50.0 Å². The van der Waals surface area contributed by atoms with Crippen LogP contribution in [-0.2, 0) is 26.2 Å². The van der Waals surface area contributed by atoms with Crippen molar-refractivity contribution in [1.29, 1.82) is 0 Å². The molecule has 1 fully saturated rings. The molecule has 0 bridgehead atoms. The lowest BCUT2D eigenvalue weighted by atomic mass is 9.95. The van der Waals surface area contributed by atoms with E-state index in [2.05, 4.69) is 21.2 Å². The Kier molecular flexibility index (Phi) is 9.83. The minimum atomic E-state index is -3.81. The fourth-order valence-electron chi connectivity index (χ4n) is 4.38. The van der Waals surface area contributed by atoms with Crippen LogP contribution < -0.4 is 9.62 Å². The molecule has 0 aromatic heterocycles. The quantitative estimate of drug-likeness (QED) is 0.438. The van der Waals surface area contributed by atoms with Gasteiger partial charge in [-0.2, -0.15) is 0 Å². The monoisotopic (exact) mass is 597 g/mol. The molecule has 7 nitrogen and oxygen atoms in total. The molecule has 196 valence electrons. The average molecular weight is 599 g/mol. The lowest BCUT2D eigenvalue weighted by molar-refractivity contribution is -0.139. The van der Waals surface area contributed by atoms with Gasteiger partial charge in [-0.3, -0.25) is 13.9 Å². The zero-order chi connectivity index (χ0) is 26.5. The first-order chi connectivity index (χ1) is 17.0.